The van der Waals surface area contributed by atoms with Crippen molar-refractivity contribution in [2.45, 2.75) is 11.8 Å². The van der Waals surface area contributed by atoms with Crippen LogP contribution in [0.5, 0.6) is 0 Å². The van der Waals surface area contributed by atoms with Gasteiger partial charge < -0.3 is 5.11 Å². The van der Waals surface area contributed by atoms with Crippen molar-refractivity contribution < 1.29 is 18.3 Å². The maximum Gasteiger partial charge on any atom is 0.337 e. The third-order valence-electron chi connectivity index (χ3n) is 2.47. The summed E-state index contributed by atoms with van der Waals surface area (Å²) in [6, 6.07) is 2.19. The van der Waals surface area contributed by atoms with Crippen LogP contribution in [-0.2, 0) is 10.0 Å². The first-order valence-corrected chi connectivity index (χ1v) is 7.61. The number of carboxylic acids is 1. The first-order valence-electron chi connectivity index (χ1n) is 5.41. The molecule has 0 radical (unpaired) electrons. The molecular formula is C12H11Cl2NO4S. The van der Waals surface area contributed by atoms with Crippen molar-refractivity contribution in [3.63, 3.8) is 0 Å². The highest BCUT2D eigenvalue weighted by Crippen LogP contribution is 2.31. The van der Waals surface area contributed by atoms with Gasteiger partial charge in [0, 0.05) is 11.6 Å². The largest absolute Gasteiger partial charge is 0.478 e. The summed E-state index contributed by atoms with van der Waals surface area (Å²) in [5.74, 6) is 0.854. The topological polar surface area (TPSA) is 74.7 Å². The Morgan fingerprint density at radius 2 is 2.05 bits per heavy atom. The van der Waals surface area contributed by atoms with E-state index in [0.29, 0.717) is 0 Å². The lowest BCUT2D eigenvalue weighted by Gasteiger charge is -2.19. The van der Waals surface area contributed by atoms with Crippen LogP contribution < -0.4 is 0 Å². The van der Waals surface area contributed by atoms with Crippen LogP contribution >= 0.6 is 23.2 Å². The average molecular weight is 336 g/mol. The minimum Gasteiger partial charge on any atom is -0.478 e. The Labute approximate surface area is 127 Å². The molecule has 1 rings (SSSR count). The zero-order valence-corrected chi connectivity index (χ0v) is 12.8. The Morgan fingerprint density at radius 3 is 2.50 bits per heavy atom. The fraction of sp³-hybridized carbons (Fsp3) is 0.250. The summed E-state index contributed by atoms with van der Waals surface area (Å²) in [7, 11) is -4.01. The van der Waals surface area contributed by atoms with Gasteiger partial charge in [-0.3, -0.25) is 0 Å². The van der Waals surface area contributed by atoms with Gasteiger partial charge in [-0.05, 0) is 12.1 Å². The van der Waals surface area contributed by atoms with Gasteiger partial charge in [-0.15, -0.1) is 6.42 Å². The van der Waals surface area contributed by atoms with Crippen LogP contribution in [0.25, 0.3) is 0 Å². The summed E-state index contributed by atoms with van der Waals surface area (Å²) in [4.78, 5) is 10.7. The van der Waals surface area contributed by atoms with E-state index in [0.717, 1.165) is 16.4 Å². The number of hydrogen-bond acceptors (Lipinski definition) is 3. The summed E-state index contributed by atoms with van der Waals surface area (Å²) in [5, 5.41) is 8.56. The monoisotopic (exact) mass is 335 g/mol. The van der Waals surface area contributed by atoms with E-state index in [1.54, 1.807) is 6.92 Å². The number of rotatable bonds is 5. The normalized spacial score (nSPS) is 11.3. The van der Waals surface area contributed by atoms with E-state index in [1.807, 2.05) is 0 Å². The van der Waals surface area contributed by atoms with Crippen LogP contribution in [0.3, 0.4) is 0 Å². The van der Waals surface area contributed by atoms with Crippen LogP contribution in [0.2, 0.25) is 10.0 Å². The number of halogens is 2. The lowest BCUT2D eigenvalue weighted by Crippen LogP contribution is -2.31. The zero-order chi connectivity index (χ0) is 15.5. The fourth-order valence-corrected chi connectivity index (χ4v) is 3.76. The van der Waals surface area contributed by atoms with E-state index in [2.05, 4.69) is 5.92 Å². The van der Waals surface area contributed by atoms with E-state index in [-0.39, 0.29) is 28.6 Å². The van der Waals surface area contributed by atoms with E-state index in [4.69, 9.17) is 34.7 Å². The minimum atomic E-state index is -4.01. The summed E-state index contributed by atoms with van der Waals surface area (Å²) >= 11 is 11.6. The Bertz CT molecular complexity index is 679. The number of hydrogen-bond donors (Lipinski definition) is 1. The lowest BCUT2D eigenvalue weighted by atomic mass is 10.2. The predicted octanol–water partition coefficient (Wildman–Crippen LogP) is 2.34. The molecule has 0 aromatic heterocycles. The average Bonchev–Trinajstić information content (AvgIpc) is 2.37. The van der Waals surface area contributed by atoms with E-state index >= 15 is 0 Å². The third kappa shape index (κ3) is 3.25. The van der Waals surface area contributed by atoms with Gasteiger partial charge in [-0.2, -0.15) is 4.31 Å². The summed E-state index contributed by atoms with van der Waals surface area (Å²) in [5.41, 5.74) is -0.380. The van der Waals surface area contributed by atoms with Crippen molar-refractivity contribution in [2.75, 3.05) is 13.1 Å². The van der Waals surface area contributed by atoms with Gasteiger partial charge >= 0.3 is 5.97 Å². The highest BCUT2D eigenvalue weighted by atomic mass is 35.5. The molecule has 0 saturated heterocycles. The molecule has 0 spiro atoms. The third-order valence-corrected chi connectivity index (χ3v) is 5.15. The summed E-state index contributed by atoms with van der Waals surface area (Å²) in [6.07, 6.45) is 5.12. The first-order chi connectivity index (χ1) is 9.25. The van der Waals surface area contributed by atoms with Crippen molar-refractivity contribution in [3.8, 4) is 12.3 Å². The quantitative estimate of drug-likeness (QED) is 0.838. The molecule has 0 aliphatic rings. The molecule has 1 N–H and O–H groups in total. The number of nitrogens with zero attached hydrogens (tertiary/aromatic N) is 1. The zero-order valence-electron chi connectivity index (χ0n) is 10.4. The smallest absolute Gasteiger partial charge is 0.337 e. The van der Waals surface area contributed by atoms with Crippen LogP contribution in [0, 0.1) is 12.3 Å². The maximum absolute atomic E-state index is 12.4. The van der Waals surface area contributed by atoms with Gasteiger partial charge in [-0.25, -0.2) is 13.2 Å². The van der Waals surface area contributed by atoms with Crippen LogP contribution in [-0.4, -0.2) is 36.9 Å². The lowest BCUT2D eigenvalue weighted by molar-refractivity contribution is 0.0697. The van der Waals surface area contributed by atoms with Crippen molar-refractivity contribution in [2.24, 2.45) is 0 Å². The van der Waals surface area contributed by atoms with Gasteiger partial charge in [-0.1, -0.05) is 36.0 Å². The highest BCUT2D eigenvalue weighted by Gasteiger charge is 2.28. The van der Waals surface area contributed by atoms with Crippen molar-refractivity contribution in [1.82, 2.24) is 4.31 Å². The molecule has 5 nitrogen and oxygen atoms in total. The molecule has 0 bridgehead atoms. The molecule has 0 aliphatic carbocycles. The van der Waals surface area contributed by atoms with E-state index in [9.17, 15) is 13.2 Å². The van der Waals surface area contributed by atoms with Crippen molar-refractivity contribution in [3.05, 3.63) is 27.7 Å². The summed E-state index contributed by atoms with van der Waals surface area (Å²) < 4.78 is 25.8. The standard InChI is InChI=1S/C12H11Cl2NO4S/c1-3-5-15(4-2)20(18,19)10-7-8(13)6-9(11(10)14)12(16)17/h1,6-7H,4-5H2,2H3,(H,16,17). The fourth-order valence-electron chi connectivity index (χ4n) is 1.52. The molecule has 0 unspecified atom stereocenters. The molecule has 1 aromatic rings. The molecule has 0 aliphatic heterocycles. The van der Waals surface area contributed by atoms with E-state index in [1.165, 1.54) is 0 Å². The van der Waals surface area contributed by atoms with Gasteiger partial charge in [0.1, 0.15) is 4.90 Å². The Balaban J connectivity index is 3.54. The summed E-state index contributed by atoms with van der Waals surface area (Å²) in [6.45, 7) is 1.58. The van der Waals surface area contributed by atoms with Gasteiger partial charge in [0.25, 0.3) is 0 Å². The molecule has 0 saturated carbocycles. The molecule has 20 heavy (non-hydrogen) atoms. The van der Waals surface area contributed by atoms with Crippen LogP contribution in [0.15, 0.2) is 17.0 Å². The molecule has 8 heteroatoms. The number of carboxylic acid groups (broad SMARTS) is 1. The molecule has 0 fully saturated rings. The van der Waals surface area contributed by atoms with Crippen LogP contribution in [0.4, 0.5) is 0 Å². The second kappa shape index (κ2) is 6.46. The predicted molar refractivity (Wildman–Crippen MR) is 76.7 cm³/mol. The number of sulfonamides is 1. The molecular weight excluding hydrogens is 325 g/mol. The first kappa shape index (κ1) is 16.8. The molecule has 0 amide bonds. The molecule has 0 heterocycles. The van der Waals surface area contributed by atoms with E-state index < -0.39 is 21.0 Å². The SMILES string of the molecule is C#CCN(CC)S(=O)(=O)c1cc(Cl)cc(C(=O)O)c1Cl. The molecule has 0 atom stereocenters. The maximum atomic E-state index is 12.4. The van der Waals surface area contributed by atoms with Crippen molar-refractivity contribution in [1.29, 1.82) is 0 Å². The van der Waals surface area contributed by atoms with Gasteiger partial charge in [0.2, 0.25) is 10.0 Å². The Kier molecular flexibility index (Phi) is 5.42. The Morgan fingerprint density at radius 1 is 1.45 bits per heavy atom. The van der Waals surface area contributed by atoms with Gasteiger partial charge in [0.15, 0.2) is 0 Å². The number of carbonyl (C=O) groups is 1. The van der Waals surface area contributed by atoms with Crippen LogP contribution in [0.1, 0.15) is 17.3 Å². The molecule has 1 aromatic carbocycles. The highest BCUT2D eigenvalue weighted by molar-refractivity contribution is 7.89. The second-order valence-corrected chi connectivity index (χ2v) is 6.43. The number of terminal acetylenes is 1. The second-order valence-electron chi connectivity index (χ2n) is 3.71. The van der Waals surface area contributed by atoms with Crippen molar-refractivity contribution >= 4 is 39.2 Å². The minimum absolute atomic E-state index is 0.0397. The Hall–Kier alpha value is -1.26. The van der Waals surface area contributed by atoms with Gasteiger partial charge in [0.05, 0.1) is 17.1 Å². The number of benzene rings is 1. The number of aromatic carboxylic acids is 1. The molecule has 108 valence electrons.